The number of anilines is 1. The maximum absolute atomic E-state index is 13.6. The van der Waals surface area contributed by atoms with E-state index in [-0.39, 0.29) is 17.8 Å². The molecule has 6 heteroatoms. The van der Waals surface area contributed by atoms with E-state index in [9.17, 15) is 4.39 Å². The van der Waals surface area contributed by atoms with Crippen molar-refractivity contribution in [1.29, 1.82) is 0 Å². The second-order valence-electron chi connectivity index (χ2n) is 7.57. The molecule has 0 fully saturated rings. The van der Waals surface area contributed by atoms with Gasteiger partial charge in [0, 0.05) is 22.2 Å². The second kappa shape index (κ2) is 7.82. The van der Waals surface area contributed by atoms with Crippen molar-refractivity contribution in [2.24, 2.45) is 11.0 Å². The Balaban J connectivity index is 1.53. The number of hydrazone groups is 1. The summed E-state index contributed by atoms with van der Waals surface area (Å²) < 4.78 is 13.6. The summed E-state index contributed by atoms with van der Waals surface area (Å²) in [7, 11) is 0. The monoisotopic (exact) mass is 435 g/mol. The van der Waals surface area contributed by atoms with Gasteiger partial charge in [0.05, 0.1) is 11.8 Å². The zero-order chi connectivity index (χ0) is 20.7. The summed E-state index contributed by atoms with van der Waals surface area (Å²) in [6, 6.07) is 22.4. The number of fused-ring (bicyclic) bond motifs is 3. The topological polar surface area (TPSA) is 27.6 Å². The molecule has 3 nitrogen and oxygen atoms in total. The number of hydrogen-bond acceptors (Lipinski definition) is 2. The average Bonchev–Trinajstić information content (AvgIpc) is 3.16. The number of nitrogens with zero attached hydrogens (tertiary/aromatic N) is 2. The first-order valence-corrected chi connectivity index (χ1v) is 10.7. The Kier molecular flexibility index (Phi) is 5.01. The summed E-state index contributed by atoms with van der Waals surface area (Å²) in [6.45, 7) is 0. The van der Waals surface area contributed by atoms with Crippen LogP contribution in [0.2, 0.25) is 5.02 Å². The predicted octanol–water partition coefficient (Wildman–Crippen LogP) is 6.20. The first-order chi connectivity index (χ1) is 14.6. The van der Waals surface area contributed by atoms with Gasteiger partial charge in [0.2, 0.25) is 0 Å². The van der Waals surface area contributed by atoms with Crippen molar-refractivity contribution in [3.63, 3.8) is 0 Å². The highest BCUT2D eigenvalue weighted by molar-refractivity contribution is 7.80. The highest BCUT2D eigenvalue weighted by atomic mass is 35.5. The lowest BCUT2D eigenvalue weighted by Gasteiger charge is -2.30. The van der Waals surface area contributed by atoms with Crippen LogP contribution in [-0.2, 0) is 6.42 Å². The van der Waals surface area contributed by atoms with E-state index in [4.69, 9.17) is 28.9 Å². The Morgan fingerprint density at radius 1 is 1.03 bits per heavy atom. The van der Waals surface area contributed by atoms with Crippen molar-refractivity contribution in [1.82, 2.24) is 5.01 Å². The highest BCUT2D eigenvalue weighted by Crippen LogP contribution is 2.43. The molecule has 3 aromatic rings. The van der Waals surface area contributed by atoms with Crippen LogP contribution in [0, 0.1) is 11.7 Å². The smallest absolute Gasteiger partial charge is 0.194 e. The molecule has 0 saturated carbocycles. The van der Waals surface area contributed by atoms with Gasteiger partial charge in [-0.1, -0.05) is 48.0 Å². The molecule has 0 bridgehead atoms. The van der Waals surface area contributed by atoms with Gasteiger partial charge in [-0.2, -0.15) is 5.10 Å². The van der Waals surface area contributed by atoms with Crippen LogP contribution in [0.4, 0.5) is 10.1 Å². The summed E-state index contributed by atoms with van der Waals surface area (Å²) >= 11 is 11.8. The molecule has 0 spiro atoms. The second-order valence-corrected chi connectivity index (χ2v) is 8.39. The van der Waals surface area contributed by atoms with E-state index in [0.717, 1.165) is 29.8 Å². The molecule has 1 heterocycles. The van der Waals surface area contributed by atoms with Crippen LogP contribution in [0.5, 0.6) is 0 Å². The van der Waals surface area contributed by atoms with Crippen molar-refractivity contribution < 1.29 is 4.39 Å². The number of aryl methyl sites for hydroxylation is 1. The molecule has 5 rings (SSSR count). The average molecular weight is 436 g/mol. The first-order valence-electron chi connectivity index (χ1n) is 9.88. The van der Waals surface area contributed by atoms with E-state index in [1.807, 2.05) is 47.5 Å². The summed E-state index contributed by atoms with van der Waals surface area (Å²) in [5.41, 5.74) is 5.38. The zero-order valence-electron chi connectivity index (χ0n) is 16.1. The van der Waals surface area contributed by atoms with Gasteiger partial charge < -0.3 is 5.32 Å². The van der Waals surface area contributed by atoms with Crippen molar-refractivity contribution in [3.05, 3.63) is 100 Å². The minimum Gasteiger partial charge on any atom is -0.331 e. The predicted molar refractivity (Wildman–Crippen MR) is 123 cm³/mol. The van der Waals surface area contributed by atoms with Crippen LogP contribution in [0.15, 0.2) is 77.9 Å². The molecule has 1 aliphatic heterocycles. The standard InChI is InChI=1S/C24H19ClFN3S/c25-17-8-12-19(13-9-17)27-24(30)29-23(16-5-10-18(26)11-6-16)21-14-7-15-3-1-2-4-20(15)22(21)28-29/h1-6,8-13,21,23H,7,14H2,(H,27,30)/t21-,23+/m1/s1. The fraction of sp³-hybridized carbons (Fsp3) is 0.167. The van der Waals surface area contributed by atoms with Gasteiger partial charge in [-0.25, -0.2) is 9.40 Å². The van der Waals surface area contributed by atoms with E-state index in [1.165, 1.54) is 23.3 Å². The van der Waals surface area contributed by atoms with E-state index >= 15 is 0 Å². The molecule has 150 valence electrons. The van der Waals surface area contributed by atoms with Crippen LogP contribution < -0.4 is 5.32 Å². The van der Waals surface area contributed by atoms with Gasteiger partial charge >= 0.3 is 0 Å². The van der Waals surface area contributed by atoms with Crippen LogP contribution in [0.3, 0.4) is 0 Å². The number of benzene rings is 3. The van der Waals surface area contributed by atoms with E-state index in [2.05, 4.69) is 23.5 Å². The number of thiocarbonyl (C=S) groups is 1. The zero-order valence-corrected chi connectivity index (χ0v) is 17.6. The Morgan fingerprint density at radius 3 is 2.53 bits per heavy atom. The summed E-state index contributed by atoms with van der Waals surface area (Å²) in [4.78, 5) is 0. The van der Waals surface area contributed by atoms with E-state index in [1.54, 1.807) is 0 Å². The van der Waals surface area contributed by atoms with Crippen molar-refractivity contribution in [2.75, 3.05) is 5.32 Å². The van der Waals surface area contributed by atoms with Crippen LogP contribution in [0.1, 0.15) is 29.2 Å². The van der Waals surface area contributed by atoms with Gasteiger partial charge in [0.25, 0.3) is 0 Å². The van der Waals surface area contributed by atoms with E-state index in [0.29, 0.717) is 10.1 Å². The quantitative estimate of drug-likeness (QED) is 0.485. The molecule has 0 amide bonds. The van der Waals surface area contributed by atoms with Crippen molar-refractivity contribution >= 4 is 40.3 Å². The molecule has 1 N–H and O–H groups in total. The Hall–Kier alpha value is -2.76. The number of nitrogens with one attached hydrogen (secondary N) is 1. The molecular formula is C24H19ClFN3S. The highest BCUT2D eigenvalue weighted by Gasteiger charge is 2.42. The SMILES string of the molecule is Fc1ccc([C@H]2[C@@H]3CCc4ccccc4C3=NN2C(=S)Nc2ccc(Cl)cc2)cc1. The number of halogens is 2. The third kappa shape index (κ3) is 3.48. The van der Waals surface area contributed by atoms with Crippen LogP contribution in [0.25, 0.3) is 0 Å². The van der Waals surface area contributed by atoms with E-state index < -0.39 is 0 Å². The van der Waals surface area contributed by atoms with Gasteiger partial charge in [0.15, 0.2) is 5.11 Å². The molecule has 3 aromatic carbocycles. The normalized spacial score (nSPS) is 19.7. The van der Waals surface area contributed by atoms with Gasteiger partial charge in [-0.3, -0.25) is 0 Å². The Bertz CT molecular complexity index is 1130. The lowest BCUT2D eigenvalue weighted by molar-refractivity contribution is 0.311. The number of rotatable bonds is 2. The molecule has 0 radical (unpaired) electrons. The minimum atomic E-state index is -0.250. The fourth-order valence-corrected chi connectivity index (χ4v) is 4.74. The molecule has 1 aliphatic carbocycles. The minimum absolute atomic E-state index is 0.0822. The molecule has 2 aliphatic rings. The van der Waals surface area contributed by atoms with Crippen LogP contribution in [-0.4, -0.2) is 15.8 Å². The van der Waals surface area contributed by atoms with Crippen molar-refractivity contribution in [2.45, 2.75) is 18.9 Å². The third-order valence-corrected chi connectivity index (χ3v) is 6.29. The largest absolute Gasteiger partial charge is 0.331 e. The van der Waals surface area contributed by atoms with Gasteiger partial charge in [-0.05, 0) is 72.6 Å². The maximum Gasteiger partial charge on any atom is 0.194 e. The summed E-state index contributed by atoms with van der Waals surface area (Å²) in [6.07, 6.45) is 1.96. The van der Waals surface area contributed by atoms with Crippen LogP contribution >= 0.6 is 23.8 Å². The molecule has 30 heavy (non-hydrogen) atoms. The lowest BCUT2D eigenvalue weighted by atomic mass is 9.77. The molecule has 0 saturated heterocycles. The van der Waals surface area contributed by atoms with Gasteiger partial charge in [-0.15, -0.1) is 0 Å². The maximum atomic E-state index is 13.6. The molecular weight excluding hydrogens is 417 g/mol. The first kappa shape index (κ1) is 19.2. The third-order valence-electron chi connectivity index (χ3n) is 5.74. The number of hydrogen-bond donors (Lipinski definition) is 1. The summed E-state index contributed by atoms with van der Waals surface area (Å²) in [5.74, 6) is -0.0596. The molecule has 0 unspecified atom stereocenters. The molecule has 0 aromatic heterocycles. The Labute approximate surface area is 185 Å². The van der Waals surface area contributed by atoms with Gasteiger partial charge in [0.1, 0.15) is 5.82 Å². The van der Waals surface area contributed by atoms with Crippen molar-refractivity contribution in [3.8, 4) is 0 Å². The lowest BCUT2D eigenvalue weighted by Crippen LogP contribution is -2.34. The molecule has 2 atom stereocenters. The fourth-order valence-electron chi connectivity index (χ4n) is 4.34. The summed E-state index contributed by atoms with van der Waals surface area (Å²) in [5, 5.41) is 11.3. The Morgan fingerprint density at radius 2 is 1.77 bits per heavy atom.